The van der Waals surface area contributed by atoms with Crippen LogP contribution in [0.2, 0.25) is 0 Å². The zero-order valence-electron chi connectivity index (χ0n) is 31.4. The van der Waals surface area contributed by atoms with Crippen molar-refractivity contribution in [3.63, 3.8) is 0 Å². The molecular weight excluding hydrogens is 695 g/mol. The maximum atomic E-state index is 4.96. The summed E-state index contributed by atoms with van der Waals surface area (Å²) in [4.78, 5) is 14.8. The molecule has 7 aromatic carbocycles. The number of para-hydroxylation sites is 2. The fourth-order valence-corrected chi connectivity index (χ4v) is 8.01. The molecule has 0 N–H and O–H groups in total. The van der Waals surface area contributed by atoms with Crippen molar-refractivity contribution in [1.29, 1.82) is 0 Å². The van der Waals surface area contributed by atoms with Gasteiger partial charge in [-0.05, 0) is 78.7 Å². The Morgan fingerprint density at radius 2 is 0.930 bits per heavy atom. The Hall–Kier alpha value is -7.63. The highest BCUT2D eigenvalue weighted by Gasteiger charge is 2.17. The Kier molecular flexibility index (Phi) is 8.46. The summed E-state index contributed by atoms with van der Waals surface area (Å²) in [5, 5.41) is 4.88. The van der Waals surface area contributed by atoms with Crippen LogP contribution in [0.1, 0.15) is 6.92 Å². The highest BCUT2D eigenvalue weighted by molar-refractivity contribution is 6.12. The minimum Gasteiger partial charge on any atom is -0.313 e. The molecule has 5 heteroatoms. The van der Waals surface area contributed by atoms with Crippen molar-refractivity contribution < 1.29 is 0 Å². The number of fused-ring (bicyclic) bond motifs is 6. The van der Waals surface area contributed by atoms with E-state index in [0.717, 1.165) is 44.7 Å². The molecular formula is C52H37N5. The van der Waals surface area contributed by atoms with Crippen molar-refractivity contribution in [2.75, 3.05) is 0 Å². The Morgan fingerprint density at radius 1 is 0.439 bits per heavy atom. The number of hydrogen-bond donors (Lipinski definition) is 0. The predicted octanol–water partition coefficient (Wildman–Crippen LogP) is 13.3. The van der Waals surface area contributed by atoms with E-state index in [1.165, 1.54) is 38.1 Å². The summed E-state index contributed by atoms with van der Waals surface area (Å²) in [6, 6.07) is 59.7. The molecule has 0 amide bonds. The van der Waals surface area contributed by atoms with Gasteiger partial charge in [0.1, 0.15) is 0 Å². The lowest BCUT2D eigenvalue weighted by atomic mass is 10.0. The molecule has 0 unspecified atom stereocenters. The van der Waals surface area contributed by atoms with Gasteiger partial charge in [0.15, 0.2) is 17.5 Å². The Balaban J connectivity index is 1.09. The molecule has 0 spiro atoms. The van der Waals surface area contributed by atoms with Crippen LogP contribution in [0.4, 0.5) is 0 Å². The maximum Gasteiger partial charge on any atom is 0.164 e. The van der Waals surface area contributed by atoms with Gasteiger partial charge < -0.3 is 9.13 Å². The zero-order valence-corrected chi connectivity index (χ0v) is 31.4. The van der Waals surface area contributed by atoms with Crippen molar-refractivity contribution >= 4 is 49.3 Å². The molecule has 0 saturated heterocycles. The molecule has 3 heterocycles. The van der Waals surface area contributed by atoms with Crippen LogP contribution < -0.4 is 0 Å². The maximum absolute atomic E-state index is 4.96. The second kappa shape index (κ2) is 14.2. The molecule has 57 heavy (non-hydrogen) atoms. The zero-order chi connectivity index (χ0) is 38.3. The van der Waals surface area contributed by atoms with E-state index in [1.807, 2.05) is 72.8 Å². The van der Waals surface area contributed by atoms with Crippen LogP contribution in [-0.2, 0) is 0 Å². The highest BCUT2D eigenvalue weighted by atomic mass is 15.0. The van der Waals surface area contributed by atoms with Gasteiger partial charge in [-0.3, -0.25) is 0 Å². The third-order valence-corrected chi connectivity index (χ3v) is 10.7. The predicted molar refractivity (Wildman–Crippen MR) is 238 cm³/mol. The molecule has 10 rings (SSSR count). The number of benzene rings is 7. The van der Waals surface area contributed by atoms with Crippen molar-refractivity contribution in [3.05, 3.63) is 201 Å². The van der Waals surface area contributed by atoms with Crippen molar-refractivity contribution in [2.24, 2.45) is 0 Å². The number of aromatic nitrogens is 5. The molecule has 0 aliphatic carbocycles. The van der Waals surface area contributed by atoms with Crippen molar-refractivity contribution in [3.8, 4) is 51.0 Å². The lowest BCUT2D eigenvalue weighted by Crippen LogP contribution is -2.00. The molecule has 0 bridgehead atoms. The van der Waals surface area contributed by atoms with Crippen LogP contribution in [0.25, 0.3) is 100 Å². The topological polar surface area (TPSA) is 48.5 Å². The monoisotopic (exact) mass is 731 g/mol. The third kappa shape index (κ3) is 6.03. The van der Waals surface area contributed by atoms with E-state index in [1.54, 1.807) is 6.08 Å². The Morgan fingerprint density at radius 3 is 1.58 bits per heavy atom. The molecule has 0 radical (unpaired) electrons. The van der Waals surface area contributed by atoms with Gasteiger partial charge in [-0.15, -0.1) is 0 Å². The van der Waals surface area contributed by atoms with E-state index < -0.39 is 0 Å². The molecule has 10 aromatic rings. The average Bonchev–Trinajstić information content (AvgIpc) is 3.79. The third-order valence-electron chi connectivity index (χ3n) is 10.7. The van der Waals surface area contributed by atoms with E-state index in [2.05, 4.69) is 138 Å². The summed E-state index contributed by atoms with van der Waals surface area (Å²) in [6.45, 7) is 5.97. The molecule has 5 nitrogen and oxygen atoms in total. The highest BCUT2D eigenvalue weighted by Crippen LogP contribution is 2.38. The average molecular weight is 732 g/mol. The van der Waals surface area contributed by atoms with Crippen LogP contribution in [-0.4, -0.2) is 24.1 Å². The number of hydrogen-bond acceptors (Lipinski definition) is 3. The second-order valence-corrected chi connectivity index (χ2v) is 14.2. The van der Waals surface area contributed by atoms with Crippen LogP contribution in [0.5, 0.6) is 0 Å². The fraction of sp³-hybridized carbons (Fsp3) is 0.0192. The van der Waals surface area contributed by atoms with Gasteiger partial charge in [-0.2, -0.15) is 0 Å². The summed E-state index contributed by atoms with van der Waals surface area (Å²) in [5.41, 5.74) is 12.0. The van der Waals surface area contributed by atoms with Gasteiger partial charge in [0.25, 0.3) is 0 Å². The lowest BCUT2D eigenvalue weighted by molar-refractivity contribution is 1.07. The van der Waals surface area contributed by atoms with Gasteiger partial charge in [-0.25, -0.2) is 15.0 Å². The summed E-state index contributed by atoms with van der Waals surface area (Å²) >= 11 is 0. The van der Waals surface area contributed by atoms with Gasteiger partial charge in [-0.1, -0.05) is 140 Å². The molecule has 3 aromatic heterocycles. The number of rotatable bonds is 8. The first-order valence-electron chi connectivity index (χ1n) is 19.2. The van der Waals surface area contributed by atoms with Gasteiger partial charge in [0, 0.05) is 49.6 Å². The quantitative estimate of drug-likeness (QED) is 0.146. The first-order valence-corrected chi connectivity index (χ1v) is 19.2. The SMILES string of the molecule is C=C/C=C\C=C(/C)n1c2ccccc2c2cc(-c3ccc4c5ccccc5n(-c5ccc(-c6nc(-c7ccccc7)nc(-c7ccccc7)n6)cc5)c4c3)ccc21. The van der Waals surface area contributed by atoms with Gasteiger partial charge in [0.2, 0.25) is 0 Å². The van der Waals surface area contributed by atoms with Crippen LogP contribution in [0, 0.1) is 0 Å². The molecule has 0 atom stereocenters. The van der Waals surface area contributed by atoms with Gasteiger partial charge in [0.05, 0.1) is 22.1 Å². The lowest BCUT2D eigenvalue weighted by Gasteiger charge is -2.11. The minimum atomic E-state index is 0.634. The number of allylic oxidation sites excluding steroid dienone is 5. The van der Waals surface area contributed by atoms with E-state index in [0.29, 0.717) is 17.5 Å². The summed E-state index contributed by atoms with van der Waals surface area (Å²) in [5.74, 6) is 1.93. The normalized spacial score (nSPS) is 12.1. The minimum absolute atomic E-state index is 0.634. The molecule has 0 aliphatic heterocycles. The standard InChI is InChI=1S/C52H37N5/c1-3-4-7-16-35(2)56-46-23-14-13-22-43(46)45-33-39(28-32-48(45)56)40-27-31-44-42-21-12-15-24-47(42)57(49(44)34-40)41-29-25-38(26-30-41)52-54-50(36-17-8-5-9-18-36)53-51(55-52)37-19-10-6-11-20-37/h3-34H,1H2,2H3/b7-4-,35-16+. The van der Waals surface area contributed by atoms with Crippen LogP contribution in [0.15, 0.2) is 201 Å². The largest absolute Gasteiger partial charge is 0.313 e. The van der Waals surface area contributed by atoms with Crippen molar-refractivity contribution in [2.45, 2.75) is 6.92 Å². The smallest absolute Gasteiger partial charge is 0.164 e. The first kappa shape index (κ1) is 33.9. The summed E-state index contributed by atoms with van der Waals surface area (Å²) in [7, 11) is 0. The van der Waals surface area contributed by atoms with E-state index in [9.17, 15) is 0 Å². The molecule has 0 fully saturated rings. The number of nitrogens with zero attached hydrogens (tertiary/aromatic N) is 5. The van der Waals surface area contributed by atoms with E-state index >= 15 is 0 Å². The van der Waals surface area contributed by atoms with Gasteiger partial charge >= 0.3 is 0 Å². The van der Waals surface area contributed by atoms with E-state index in [-0.39, 0.29) is 0 Å². The second-order valence-electron chi connectivity index (χ2n) is 14.2. The molecule has 0 aliphatic rings. The van der Waals surface area contributed by atoms with Crippen LogP contribution in [0.3, 0.4) is 0 Å². The molecule has 270 valence electrons. The van der Waals surface area contributed by atoms with E-state index in [4.69, 9.17) is 15.0 Å². The fourth-order valence-electron chi connectivity index (χ4n) is 8.01. The van der Waals surface area contributed by atoms with Crippen LogP contribution >= 0.6 is 0 Å². The first-order chi connectivity index (χ1) is 28.1. The molecule has 0 saturated carbocycles. The summed E-state index contributed by atoms with van der Waals surface area (Å²) < 4.78 is 4.71. The Bertz CT molecular complexity index is 3130. The Labute approximate surface area is 330 Å². The summed E-state index contributed by atoms with van der Waals surface area (Å²) in [6.07, 6.45) is 7.93. The van der Waals surface area contributed by atoms with Crippen molar-refractivity contribution in [1.82, 2.24) is 24.1 Å².